The third-order valence-corrected chi connectivity index (χ3v) is 3.51. The average Bonchev–Trinajstić information content (AvgIpc) is 2.52. The van der Waals surface area contributed by atoms with E-state index in [0.717, 1.165) is 17.0 Å². The molecule has 4 nitrogen and oxygen atoms in total. The molecule has 0 saturated heterocycles. The molecule has 1 aromatic carbocycles. The summed E-state index contributed by atoms with van der Waals surface area (Å²) in [4.78, 5) is 4.95. The number of alkyl halides is 6. The lowest BCUT2D eigenvalue weighted by atomic mass is 10.1. The van der Waals surface area contributed by atoms with Crippen LogP contribution >= 0.6 is 24.0 Å². The van der Waals surface area contributed by atoms with Gasteiger partial charge in [0.2, 0.25) is 0 Å². The molecule has 0 heterocycles. The van der Waals surface area contributed by atoms with E-state index in [1.807, 2.05) is 0 Å². The lowest BCUT2D eigenvalue weighted by Crippen LogP contribution is -2.39. The molecule has 28 heavy (non-hydrogen) atoms. The molecule has 0 saturated carbocycles. The Morgan fingerprint density at radius 3 is 2.29 bits per heavy atom. The monoisotopic (exact) mass is 530 g/mol. The number of hydrogen-bond donors (Lipinski definition) is 2. The smallest absolute Gasteiger partial charge is 0.356 e. The van der Waals surface area contributed by atoms with Gasteiger partial charge in [-0.2, -0.15) is 26.3 Å². The maximum Gasteiger partial charge on any atom is 0.416 e. The second-order valence-electron chi connectivity index (χ2n) is 5.86. The third-order valence-electron chi connectivity index (χ3n) is 3.51. The Morgan fingerprint density at radius 2 is 1.75 bits per heavy atom. The molecule has 0 radical (unpaired) electrons. The Hall–Kier alpha value is -1.31. The lowest BCUT2D eigenvalue weighted by molar-refractivity contribution is -0.143. The minimum Gasteiger partial charge on any atom is -0.356 e. The van der Waals surface area contributed by atoms with Crippen LogP contribution in [0.2, 0.25) is 0 Å². The summed E-state index contributed by atoms with van der Waals surface area (Å²) in [6.45, 7) is -0.815. The first kappa shape index (κ1) is 26.7. The molecule has 0 aromatic heterocycles. The summed E-state index contributed by atoms with van der Waals surface area (Å²) < 4.78 is 88.6. The highest BCUT2D eigenvalue weighted by Crippen LogP contribution is 2.32. The van der Waals surface area contributed by atoms with Gasteiger partial charge in [-0.25, -0.2) is 4.39 Å². The van der Waals surface area contributed by atoms with E-state index in [4.69, 9.17) is 0 Å². The first-order valence-corrected chi connectivity index (χ1v) is 7.98. The van der Waals surface area contributed by atoms with Crippen molar-refractivity contribution in [3.8, 4) is 0 Å². The molecule has 2 N–H and O–H groups in total. The van der Waals surface area contributed by atoms with E-state index >= 15 is 0 Å². The average molecular weight is 530 g/mol. The van der Waals surface area contributed by atoms with Gasteiger partial charge >= 0.3 is 12.4 Å². The fourth-order valence-electron chi connectivity index (χ4n) is 2.31. The van der Waals surface area contributed by atoms with Crippen molar-refractivity contribution in [2.75, 3.05) is 33.7 Å². The van der Waals surface area contributed by atoms with E-state index in [9.17, 15) is 30.7 Å². The molecule has 1 aromatic rings. The second-order valence-corrected chi connectivity index (χ2v) is 5.86. The van der Waals surface area contributed by atoms with Crippen LogP contribution in [0.4, 0.5) is 30.7 Å². The quantitative estimate of drug-likeness (QED) is 0.184. The Bertz CT molecular complexity index is 632. The Balaban J connectivity index is 0.00000729. The van der Waals surface area contributed by atoms with E-state index < -0.39 is 30.3 Å². The van der Waals surface area contributed by atoms with Crippen LogP contribution in [0.15, 0.2) is 23.2 Å². The van der Waals surface area contributed by atoms with Crippen LogP contribution in [-0.2, 0) is 12.7 Å². The molecule has 0 aliphatic rings. The van der Waals surface area contributed by atoms with Crippen molar-refractivity contribution in [2.24, 2.45) is 4.99 Å². The molecule has 0 unspecified atom stereocenters. The van der Waals surface area contributed by atoms with Crippen LogP contribution in [0.5, 0.6) is 0 Å². The molecular formula is C16H22F7IN4. The highest BCUT2D eigenvalue weighted by atomic mass is 127. The van der Waals surface area contributed by atoms with Crippen molar-refractivity contribution in [3.63, 3.8) is 0 Å². The van der Waals surface area contributed by atoms with Gasteiger partial charge in [0.1, 0.15) is 5.82 Å². The number of halogens is 8. The van der Waals surface area contributed by atoms with Gasteiger partial charge in [0.25, 0.3) is 0 Å². The van der Waals surface area contributed by atoms with Gasteiger partial charge in [-0.1, -0.05) is 6.07 Å². The van der Waals surface area contributed by atoms with Gasteiger partial charge in [0, 0.05) is 20.1 Å². The number of rotatable bonds is 7. The molecule has 0 atom stereocenters. The first-order valence-electron chi connectivity index (χ1n) is 7.98. The standard InChI is InChI=1S/C16H21F7N4.HI/c1-24-14(25-6-3-7-27(2)10-15(18,19)20)26-9-11-4-5-12(17)8-13(11)16(21,22)23;/h4-5,8H,3,6-7,9-10H2,1-2H3,(H2,24,25,26);1H. The van der Waals surface area contributed by atoms with Crippen molar-refractivity contribution in [1.82, 2.24) is 15.5 Å². The first-order chi connectivity index (χ1) is 12.4. The maximum atomic E-state index is 13.1. The van der Waals surface area contributed by atoms with Crippen LogP contribution in [0.3, 0.4) is 0 Å². The zero-order chi connectivity index (χ0) is 20.7. The Labute approximate surface area is 175 Å². The SMILES string of the molecule is CN=C(NCCCN(C)CC(F)(F)F)NCc1ccc(F)cc1C(F)(F)F.I. The predicted molar refractivity (Wildman–Crippen MR) is 103 cm³/mol. The highest BCUT2D eigenvalue weighted by Gasteiger charge is 2.33. The number of hydrogen-bond acceptors (Lipinski definition) is 2. The van der Waals surface area contributed by atoms with E-state index in [2.05, 4.69) is 15.6 Å². The fourth-order valence-corrected chi connectivity index (χ4v) is 2.31. The minimum absolute atomic E-state index is 0. The van der Waals surface area contributed by atoms with Crippen LogP contribution in [0, 0.1) is 5.82 Å². The van der Waals surface area contributed by atoms with Crippen LogP contribution < -0.4 is 10.6 Å². The summed E-state index contributed by atoms with van der Waals surface area (Å²) in [5.74, 6) is -0.803. The van der Waals surface area contributed by atoms with Crippen LogP contribution in [0.1, 0.15) is 17.5 Å². The summed E-state index contributed by atoms with van der Waals surface area (Å²) in [6.07, 6.45) is -8.60. The van der Waals surface area contributed by atoms with Gasteiger partial charge in [-0.05, 0) is 37.7 Å². The fraction of sp³-hybridized carbons (Fsp3) is 0.562. The van der Waals surface area contributed by atoms with Crippen molar-refractivity contribution >= 4 is 29.9 Å². The Morgan fingerprint density at radius 1 is 1.11 bits per heavy atom. The summed E-state index contributed by atoms with van der Waals surface area (Å²) in [5.41, 5.74) is -1.24. The molecule has 0 fully saturated rings. The van der Waals surface area contributed by atoms with Crippen molar-refractivity contribution in [1.29, 1.82) is 0 Å². The zero-order valence-electron chi connectivity index (χ0n) is 15.2. The molecule has 0 spiro atoms. The number of guanidine groups is 1. The molecular weight excluding hydrogens is 508 g/mol. The van der Waals surface area contributed by atoms with Crippen LogP contribution in [0.25, 0.3) is 0 Å². The van der Waals surface area contributed by atoms with E-state index in [0.29, 0.717) is 12.5 Å². The molecule has 0 aliphatic heterocycles. The van der Waals surface area contributed by atoms with E-state index in [1.165, 1.54) is 14.1 Å². The number of benzene rings is 1. The van der Waals surface area contributed by atoms with Gasteiger partial charge in [0.15, 0.2) is 5.96 Å². The third kappa shape index (κ3) is 10.3. The summed E-state index contributed by atoms with van der Waals surface area (Å²) >= 11 is 0. The maximum absolute atomic E-state index is 13.1. The minimum atomic E-state index is -4.70. The normalized spacial score (nSPS) is 12.7. The number of aliphatic imine (C=N–C) groups is 1. The van der Waals surface area contributed by atoms with E-state index in [-0.39, 0.29) is 55.1 Å². The van der Waals surface area contributed by atoms with Gasteiger partial charge in [-0.3, -0.25) is 9.89 Å². The summed E-state index contributed by atoms with van der Waals surface area (Å²) in [6, 6.07) is 2.38. The molecule has 162 valence electrons. The zero-order valence-corrected chi connectivity index (χ0v) is 17.5. The van der Waals surface area contributed by atoms with Gasteiger partial charge in [0.05, 0.1) is 12.1 Å². The molecule has 12 heteroatoms. The summed E-state index contributed by atoms with van der Waals surface area (Å²) in [7, 11) is 2.74. The van der Waals surface area contributed by atoms with Crippen molar-refractivity contribution < 1.29 is 30.7 Å². The lowest BCUT2D eigenvalue weighted by Gasteiger charge is -2.19. The predicted octanol–water partition coefficient (Wildman–Crippen LogP) is 4.01. The van der Waals surface area contributed by atoms with Crippen molar-refractivity contribution in [2.45, 2.75) is 25.3 Å². The van der Waals surface area contributed by atoms with Gasteiger partial charge < -0.3 is 10.6 Å². The highest BCUT2D eigenvalue weighted by molar-refractivity contribution is 14.0. The van der Waals surface area contributed by atoms with Gasteiger partial charge in [-0.15, -0.1) is 24.0 Å². The molecule has 0 amide bonds. The number of nitrogens with one attached hydrogen (secondary N) is 2. The van der Waals surface area contributed by atoms with E-state index in [1.54, 1.807) is 0 Å². The molecule has 0 aliphatic carbocycles. The molecule has 0 bridgehead atoms. The topological polar surface area (TPSA) is 39.7 Å². The molecule has 1 rings (SSSR count). The largest absolute Gasteiger partial charge is 0.416 e. The van der Waals surface area contributed by atoms with Crippen molar-refractivity contribution in [3.05, 3.63) is 35.1 Å². The Kier molecular flexibility index (Phi) is 11.1. The van der Waals surface area contributed by atoms with Crippen LogP contribution in [-0.4, -0.2) is 50.8 Å². The summed E-state index contributed by atoms with van der Waals surface area (Å²) in [5, 5.41) is 5.47. The second kappa shape index (κ2) is 11.6. The number of nitrogens with zero attached hydrogens (tertiary/aromatic N) is 2.